The number of aliphatic hydroxyl groups is 1. The molecule has 0 bridgehead atoms. The molecule has 0 saturated heterocycles. The van der Waals surface area contributed by atoms with Crippen molar-refractivity contribution < 1.29 is 9.90 Å². The second-order valence-corrected chi connectivity index (χ2v) is 6.46. The second-order valence-electron chi connectivity index (χ2n) is 6.46. The molecule has 0 spiro atoms. The Balaban J connectivity index is 1.81. The summed E-state index contributed by atoms with van der Waals surface area (Å²) in [5.41, 5.74) is 6.65. The highest BCUT2D eigenvalue weighted by Crippen LogP contribution is 2.37. The Morgan fingerprint density at radius 1 is 1.22 bits per heavy atom. The molecule has 2 aromatic rings. The lowest BCUT2D eigenvalue weighted by Crippen LogP contribution is -2.31. The first-order chi connectivity index (χ1) is 11.1. The molecule has 1 aliphatic heterocycles. The van der Waals surface area contributed by atoms with E-state index >= 15 is 0 Å². The number of nitrogens with zero attached hydrogens (tertiary/aromatic N) is 2. The van der Waals surface area contributed by atoms with Gasteiger partial charge in [0.15, 0.2) is 0 Å². The van der Waals surface area contributed by atoms with Gasteiger partial charge in [-0.1, -0.05) is 6.07 Å². The van der Waals surface area contributed by atoms with Crippen LogP contribution in [0.5, 0.6) is 0 Å². The molecule has 118 valence electrons. The van der Waals surface area contributed by atoms with Crippen LogP contribution in [-0.2, 0) is 17.6 Å². The molecule has 4 nitrogen and oxygen atoms in total. The number of carbonyl (C=O) groups is 1. The Morgan fingerprint density at radius 2 is 2.09 bits per heavy atom. The molecule has 2 heterocycles. The number of aromatic nitrogens is 1. The number of anilines is 1. The van der Waals surface area contributed by atoms with Gasteiger partial charge >= 0.3 is 0 Å². The number of benzene rings is 1. The third-order valence-corrected chi connectivity index (χ3v) is 5.09. The van der Waals surface area contributed by atoms with Gasteiger partial charge in [0, 0.05) is 42.7 Å². The molecule has 0 fully saturated rings. The molecule has 1 aromatic heterocycles. The Hall–Kier alpha value is -2.20. The smallest absolute Gasteiger partial charge is 0.227 e. The van der Waals surface area contributed by atoms with Crippen LogP contribution < -0.4 is 4.90 Å². The summed E-state index contributed by atoms with van der Waals surface area (Å²) in [6.07, 6.45) is 7.47. The quantitative estimate of drug-likeness (QED) is 0.881. The van der Waals surface area contributed by atoms with Crippen molar-refractivity contribution in [3.8, 4) is 11.1 Å². The zero-order valence-corrected chi connectivity index (χ0v) is 13.2. The van der Waals surface area contributed by atoms with Crippen LogP contribution in [0.4, 0.5) is 5.69 Å². The largest absolute Gasteiger partial charge is 0.388 e. The van der Waals surface area contributed by atoms with Gasteiger partial charge < -0.3 is 10.0 Å². The summed E-state index contributed by atoms with van der Waals surface area (Å²) >= 11 is 0. The highest BCUT2D eigenvalue weighted by atomic mass is 16.3. The molecule has 1 atom stereocenters. The van der Waals surface area contributed by atoms with Crippen molar-refractivity contribution in [1.82, 2.24) is 4.98 Å². The van der Waals surface area contributed by atoms with Gasteiger partial charge in [0.2, 0.25) is 5.91 Å². The van der Waals surface area contributed by atoms with Gasteiger partial charge in [0.1, 0.15) is 0 Å². The summed E-state index contributed by atoms with van der Waals surface area (Å²) in [5, 5.41) is 10.2. The van der Waals surface area contributed by atoms with E-state index in [-0.39, 0.29) is 5.91 Å². The molecule has 4 heteroatoms. The van der Waals surface area contributed by atoms with Gasteiger partial charge in [0.05, 0.1) is 6.10 Å². The number of aliphatic hydroxyl groups excluding tert-OH is 1. The minimum absolute atomic E-state index is 0.173. The molecule has 2 aliphatic rings. The Morgan fingerprint density at radius 3 is 2.96 bits per heavy atom. The fraction of sp³-hybridized carbons (Fsp3) is 0.368. The maximum absolute atomic E-state index is 11.8. The zero-order valence-electron chi connectivity index (χ0n) is 13.2. The first kappa shape index (κ1) is 14.4. The number of rotatable bonds is 1. The van der Waals surface area contributed by atoms with Crippen molar-refractivity contribution >= 4 is 11.6 Å². The van der Waals surface area contributed by atoms with Crippen LogP contribution in [0.25, 0.3) is 11.1 Å². The number of pyridine rings is 1. The summed E-state index contributed by atoms with van der Waals surface area (Å²) in [6.45, 7) is 0. The summed E-state index contributed by atoms with van der Waals surface area (Å²) in [5.74, 6) is 0.173. The molecule has 0 radical (unpaired) electrons. The fourth-order valence-corrected chi connectivity index (χ4v) is 3.77. The van der Waals surface area contributed by atoms with E-state index in [9.17, 15) is 9.90 Å². The Labute approximate surface area is 135 Å². The number of hydrogen-bond acceptors (Lipinski definition) is 3. The second kappa shape index (κ2) is 5.46. The lowest BCUT2D eigenvalue weighted by Gasteiger charge is -2.27. The SMILES string of the molecule is CN1C(=O)CCc2cc(-c3cncc4c3CCC[C@H]4O)ccc21. The number of fused-ring (bicyclic) bond motifs is 2. The summed E-state index contributed by atoms with van der Waals surface area (Å²) in [7, 11) is 1.84. The molecule has 23 heavy (non-hydrogen) atoms. The standard InChI is InChI=1S/C19H20N2O2/c1-21-17-7-5-12(9-13(17)6-8-19(21)23)15-10-20-11-16-14(15)3-2-4-18(16)22/h5,7,9-11,18,22H,2-4,6,8H2,1H3/t18-/m1/s1. The highest BCUT2D eigenvalue weighted by Gasteiger charge is 2.24. The molecule has 4 rings (SSSR count). The van der Waals surface area contributed by atoms with Gasteiger partial charge in [-0.15, -0.1) is 0 Å². The first-order valence-corrected chi connectivity index (χ1v) is 8.20. The van der Waals surface area contributed by atoms with Crippen LogP contribution in [0.3, 0.4) is 0 Å². The minimum Gasteiger partial charge on any atom is -0.388 e. The predicted molar refractivity (Wildman–Crippen MR) is 89.3 cm³/mol. The van der Waals surface area contributed by atoms with Crippen molar-refractivity contribution in [2.75, 3.05) is 11.9 Å². The number of hydrogen-bond donors (Lipinski definition) is 1. The van der Waals surface area contributed by atoms with Gasteiger partial charge in [-0.3, -0.25) is 9.78 Å². The summed E-state index contributed by atoms with van der Waals surface area (Å²) < 4.78 is 0. The van der Waals surface area contributed by atoms with Gasteiger partial charge in [-0.05, 0) is 54.5 Å². The van der Waals surface area contributed by atoms with Crippen molar-refractivity contribution in [3.63, 3.8) is 0 Å². The van der Waals surface area contributed by atoms with Crippen molar-refractivity contribution in [2.45, 2.75) is 38.2 Å². The van der Waals surface area contributed by atoms with Gasteiger partial charge in [-0.2, -0.15) is 0 Å². The molecule has 1 aromatic carbocycles. The number of aryl methyl sites for hydroxylation is 1. The Bertz CT molecular complexity index is 785. The van der Waals surface area contributed by atoms with E-state index in [1.807, 2.05) is 19.3 Å². The van der Waals surface area contributed by atoms with Crippen molar-refractivity contribution in [3.05, 3.63) is 47.3 Å². The molecular weight excluding hydrogens is 288 g/mol. The lowest BCUT2D eigenvalue weighted by molar-refractivity contribution is -0.118. The zero-order chi connectivity index (χ0) is 16.0. The van der Waals surface area contributed by atoms with Gasteiger partial charge in [-0.25, -0.2) is 0 Å². The van der Waals surface area contributed by atoms with E-state index in [4.69, 9.17) is 0 Å². The Kier molecular flexibility index (Phi) is 3.42. The maximum atomic E-state index is 11.8. The topological polar surface area (TPSA) is 53.4 Å². The van der Waals surface area contributed by atoms with Crippen LogP contribution >= 0.6 is 0 Å². The third-order valence-electron chi connectivity index (χ3n) is 5.09. The fourth-order valence-electron chi connectivity index (χ4n) is 3.77. The predicted octanol–water partition coefficient (Wildman–Crippen LogP) is 3.03. The first-order valence-electron chi connectivity index (χ1n) is 8.20. The molecule has 1 aliphatic carbocycles. The van der Waals surface area contributed by atoms with Crippen LogP contribution in [0, 0.1) is 0 Å². The summed E-state index contributed by atoms with van der Waals surface area (Å²) in [6, 6.07) is 6.27. The number of carbonyl (C=O) groups excluding carboxylic acids is 1. The van der Waals surface area contributed by atoms with Crippen LogP contribution in [-0.4, -0.2) is 23.0 Å². The number of amides is 1. The van der Waals surface area contributed by atoms with E-state index < -0.39 is 6.10 Å². The molecule has 1 amide bonds. The lowest BCUT2D eigenvalue weighted by atomic mass is 9.85. The van der Waals surface area contributed by atoms with E-state index in [1.165, 1.54) is 11.1 Å². The third kappa shape index (κ3) is 2.34. The molecule has 1 N–H and O–H groups in total. The molecule has 0 unspecified atom stereocenters. The van der Waals surface area contributed by atoms with E-state index in [2.05, 4.69) is 17.1 Å². The maximum Gasteiger partial charge on any atom is 0.227 e. The minimum atomic E-state index is -0.396. The van der Waals surface area contributed by atoms with Gasteiger partial charge in [0.25, 0.3) is 0 Å². The van der Waals surface area contributed by atoms with Crippen LogP contribution in [0.15, 0.2) is 30.6 Å². The average Bonchev–Trinajstić information content (AvgIpc) is 2.58. The van der Waals surface area contributed by atoms with Crippen molar-refractivity contribution in [2.24, 2.45) is 0 Å². The van der Waals surface area contributed by atoms with Crippen molar-refractivity contribution in [1.29, 1.82) is 0 Å². The molecular formula is C19H20N2O2. The highest BCUT2D eigenvalue weighted by molar-refractivity contribution is 5.96. The van der Waals surface area contributed by atoms with Crippen LogP contribution in [0.2, 0.25) is 0 Å². The molecule has 0 saturated carbocycles. The van der Waals surface area contributed by atoms with Crippen LogP contribution in [0.1, 0.15) is 42.1 Å². The van der Waals surface area contributed by atoms with E-state index in [0.717, 1.165) is 48.1 Å². The van der Waals surface area contributed by atoms with E-state index in [1.54, 1.807) is 11.1 Å². The monoisotopic (exact) mass is 308 g/mol. The summed E-state index contributed by atoms with van der Waals surface area (Å²) in [4.78, 5) is 17.9. The van der Waals surface area contributed by atoms with E-state index in [0.29, 0.717) is 6.42 Å². The average molecular weight is 308 g/mol. The normalized spacial score (nSPS) is 20.2.